The van der Waals surface area contributed by atoms with Gasteiger partial charge in [0, 0.05) is 47.6 Å². The third kappa shape index (κ3) is 5.98. The second-order valence-electron chi connectivity index (χ2n) is 7.82. The molecule has 0 spiro atoms. The highest BCUT2D eigenvalue weighted by atomic mass is 35.5. The minimum atomic E-state index is -0.119. The minimum absolute atomic E-state index is 0.0636. The molecule has 1 aromatic carbocycles. The molecule has 0 aliphatic carbocycles. The third-order valence-corrected chi connectivity index (χ3v) is 5.64. The van der Waals surface area contributed by atoms with Crippen molar-refractivity contribution in [1.82, 2.24) is 19.4 Å². The van der Waals surface area contributed by atoms with Gasteiger partial charge in [-0.05, 0) is 24.6 Å². The average Bonchev–Trinajstić information content (AvgIpc) is 2.77. The Labute approximate surface area is 193 Å². The van der Waals surface area contributed by atoms with Gasteiger partial charge in [-0.1, -0.05) is 56.1 Å². The maximum Gasteiger partial charge on any atom is 0.254 e. The highest BCUT2D eigenvalue weighted by molar-refractivity contribution is 6.30. The number of nitrogens with zero attached hydrogens (tertiary/aromatic N) is 3. The number of benzene rings is 1. The summed E-state index contributed by atoms with van der Waals surface area (Å²) in [6.07, 6.45) is 3.83. The number of nitrogens with one attached hydrogen (secondary N) is 1. The summed E-state index contributed by atoms with van der Waals surface area (Å²) in [5.74, 6) is 0.742. The summed E-state index contributed by atoms with van der Waals surface area (Å²) < 4.78 is 3.26. The average molecular weight is 453 g/mol. The molecule has 0 saturated carbocycles. The molecule has 7 heteroatoms. The second kappa shape index (κ2) is 11.0. The van der Waals surface area contributed by atoms with Gasteiger partial charge in [0.25, 0.3) is 11.1 Å². The Balaban J connectivity index is 1.82. The summed E-state index contributed by atoms with van der Waals surface area (Å²) in [5, 5.41) is 3.88. The Bertz CT molecular complexity index is 1200. The second-order valence-corrected chi connectivity index (χ2v) is 8.25. The van der Waals surface area contributed by atoms with Crippen LogP contribution in [0.2, 0.25) is 5.02 Å². The molecular formula is C25H29ClN4O2. The molecule has 3 rings (SSSR count). The van der Waals surface area contributed by atoms with Gasteiger partial charge in [0.05, 0.1) is 18.8 Å². The van der Waals surface area contributed by atoms with Gasteiger partial charge >= 0.3 is 0 Å². The zero-order valence-corrected chi connectivity index (χ0v) is 19.4. The Morgan fingerprint density at radius 1 is 1.09 bits per heavy atom. The quantitative estimate of drug-likeness (QED) is 0.466. The first-order valence-corrected chi connectivity index (χ1v) is 11.2. The monoisotopic (exact) mass is 452 g/mol. The van der Waals surface area contributed by atoms with E-state index in [4.69, 9.17) is 16.6 Å². The Morgan fingerprint density at radius 3 is 2.56 bits per heavy atom. The van der Waals surface area contributed by atoms with Crippen LogP contribution in [0.25, 0.3) is 11.3 Å². The third-order valence-electron chi connectivity index (χ3n) is 5.39. The lowest BCUT2D eigenvalue weighted by atomic mass is 10.1. The highest BCUT2D eigenvalue weighted by Crippen LogP contribution is 2.19. The molecule has 0 bridgehead atoms. The van der Waals surface area contributed by atoms with Crippen LogP contribution in [0.3, 0.4) is 0 Å². The summed E-state index contributed by atoms with van der Waals surface area (Å²) >= 11 is 6.00. The van der Waals surface area contributed by atoms with Crippen molar-refractivity contribution in [2.75, 3.05) is 0 Å². The van der Waals surface area contributed by atoms with E-state index in [2.05, 4.69) is 18.8 Å². The predicted molar refractivity (Wildman–Crippen MR) is 130 cm³/mol. The number of aromatic nitrogens is 3. The molecule has 168 valence electrons. The molecule has 0 unspecified atom stereocenters. The molecule has 0 aliphatic heterocycles. The molecule has 0 aliphatic rings. The molecule has 0 saturated heterocycles. The normalized spacial score (nSPS) is 10.8. The molecule has 6 nitrogen and oxygen atoms in total. The number of aryl methyl sites for hydroxylation is 1. The number of rotatable bonds is 10. The van der Waals surface area contributed by atoms with Crippen molar-refractivity contribution >= 4 is 11.6 Å². The van der Waals surface area contributed by atoms with E-state index in [1.165, 1.54) is 6.07 Å². The van der Waals surface area contributed by atoms with Crippen LogP contribution in [0.4, 0.5) is 0 Å². The molecule has 2 aromatic heterocycles. The van der Waals surface area contributed by atoms with Crippen molar-refractivity contribution in [1.29, 1.82) is 0 Å². The molecule has 32 heavy (non-hydrogen) atoms. The fourth-order valence-corrected chi connectivity index (χ4v) is 3.59. The van der Waals surface area contributed by atoms with Crippen LogP contribution in [0.1, 0.15) is 37.7 Å². The fourth-order valence-electron chi connectivity index (χ4n) is 3.46. The van der Waals surface area contributed by atoms with Gasteiger partial charge in [-0.3, -0.25) is 14.2 Å². The summed E-state index contributed by atoms with van der Waals surface area (Å²) in [5.41, 5.74) is 2.84. The van der Waals surface area contributed by atoms with Gasteiger partial charge < -0.3 is 9.88 Å². The van der Waals surface area contributed by atoms with Crippen molar-refractivity contribution in [3.63, 3.8) is 0 Å². The maximum absolute atomic E-state index is 13.0. The van der Waals surface area contributed by atoms with Crippen molar-refractivity contribution in [3.8, 4) is 11.3 Å². The largest absolute Gasteiger partial charge is 0.382 e. The summed E-state index contributed by atoms with van der Waals surface area (Å²) in [6.45, 7) is 6.99. The van der Waals surface area contributed by atoms with Crippen LogP contribution in [-0.4, -0.2) is 14.1 Å². The molecule has 0 amide bonds. The molecular weight excluding hydrogens is 424 g/mol. The standard InChI is InChI=1S/C25H29ClN4O2/c1-4-5-6-9-23-28-22(19-11-13-20(26)14-12-19)15-25(32)30(23)17-18(2)27-16-21-8-7-10-24(31)29(21)3/h7-8,10-15,27H,2,4-6,9,16-17H2,1,3H3. The Morgan fingerprint density at radius 2 is 1.84 bits per heavy atom. The van der Waals surface area contributed by atoms with Crippen LogP contribution >= 0.6 is 11.6 Å². The zero-order chi connectivity index (χ0) is 23.1. The predicted octanol–water partition coefficient (Wildman–Crippen LogP) is 4.30. The van der Waals surface area contributed by atoms with Crippen molar-refractivity contribution in [2.24, 2.45) is 7.05 Å². The SMILES string of the molecule is C=C(Cn1c(CCCCC)nc(-c2ccc(Cl)cc2)cc1=O)NCc1cccc(=O)n1C. The number of allylic oxidation sites excluding steroid dienone is 1. The zero-order valence-electron chi connectivity index (χ0n) is 18.6. The summed E-state index contributed by atoms with van der Waals surface area (Å²) in [7, 11) is 1.73. The smallest absolute Gasteiger partial charge is 0.254 e. The highest BCUT2D eigenvalue weighted by Gasteiger charge is 2.12. The van der Waals surface area contributed by atoms with Crippen LogP contribution in [0, 0.1) is 0 Å². The van der Waals surface area contributed by atoms with Gasteiger partial charge in [-0.25, -0.2) is 4.98 Å². The van der Waals surface area contributed by atoms with E-state index in [0.29, 0.717) is 35.9 Å². The van der Waals surface area contributed by atoms with E-state index >= 15 is 0 Å². The number of hydrogen-bond acceptors (Lipinski definition) is 4. The van der Waals surface area contributed by atoms with E-state index in [0.717, 1.165) is 36.3 Å². The van der Waals surface area contributed by atoms with Gasteiger partial charge in [-0.15, -0.1) is 0 Å². The van der Waals surface area contributed by atoms with Crippen molar-refractivity contribution < 1.29 is 0 Å². The first-order valence-electron chi connectivity index (χ1n) is 10.8. The van der Waals surface area contributed by atoms with Crippen LogP contribution in [0.5, 0.6) is 0 Å². The van der Waals surface area contributed by atoms with Gasteiger partial charge in [0.2, 0.25) is 0 Å². The Kier molecular flexibility index (Phi) is 8.06. The first kappa shape index (κ1) is 23.5. The van der Waals surface area contributed by atoms with Gasteiger partial charge in [0.15, 0.2) is 0 Å². The summed E-state index contributed by atoms with van der Waals surface area (Å²) in [6, 6.07) is 14.0. The molecule has 3 aromatic rings. The molecule has 0 radical (unpaired) electrons. The number of unbranched alkanes of at least 4 members (excludes halogenated alkanes) is 2. The Hall–Kier alpha value is -3.12. The number of halogens is 1. The van der Waals surface area contributed by atoms with E-state index in [-0.39, 0.29) is 11.1 Å². The lowest BCUT2D eigenvalue weighted by molar-refractivity contribution is 0.590. The van der Waals surface area contributed by atoms with Crippen molar-refractivity contribution in [3.05, 3.63) is 98.1 Å². The van der Waals surface area contributed by atoms with Crippen molar-refractivity contribution in [2.45, 2.75) is 45.7 Å². The summed E-state index contributed by atoms with van der Waals surface area (Å²) in [4.78, 5) is 29.6. The number of pyridine rings is 1. The number of hydrogen-bond donors (Lipinski definition) is 1. The topological polar surface area (TPSA) is 68.9 Å². The van der Waals surface area contributed by atoms with Gasteiger partial charge in [0.1, 0.15) is 5.82 Å². The van der Waals surface area contributed by atoms with E-state index < -0.39 is 0 Å². The molecule has 1 N–H and O–H groups in total. The van der Waals surface area contributed by atoms with Crippen LogP contribution in [0.15, 0.2) is 70.4 Å². The van der Waals surface area contributed by atoms with E-state index in [9.17, 15) is 9.59 Å². The molecule has 0 atom stereocenters. The van der Waals surface area contributed by atoms with Gasteiger partial charge in [-0.2, -0.15) is 0 Å². The first-order chi connectivity index (χ1) is 15.4. The van der Waals surface area contributed by atoms with Crippen LogP contribution < -0.4 is 16.4 Å². The maximum atomic E-state index is 13.0. The van der Waals surface area contributed by atoms with Crippen LogP contribution in [-0.2, 0) is 26.6 Å². The molecule has 2 heterocycles. The van der Waals surface area contributed by atoms with E-state index in [1.54, 1.807) is 40.4 Å². The molecule has 0 fully saturated rings. The lowest BCUT2D eigenvalue weighted by Gasteiger charge is -2.17. The van der Waals surface area contributed by atoms with E-state index in [1.807, 2.05) is 18.2 Å². The minimum Gasteiger partial charge on any atom is -0.382 e. The lowest BCUT2D eigenvalue weighted by Crippen LogP contribution is -2.29. The fraction of sp³-hybridized carbons (Fsp3) is 0.320.